The van der Waals surface area contributed by atoms with E-state index in [1.165, 1.54) is 0 Å². The van der Waals surface area contributed by atoms with Gasteiger partial charge in [-0.15, -0.1) is 0 Å². The quantitative estimate of drug-likeness (QED) is 0.908. The number of fused-ring (bicyclic) bond motifs is 1. The van der Waals surface area contributed by atoms with E-state index in [-0.39, 0.29) is 24.5 Å². The third-order valence-electron chi connectivity index (χ3n) is 3.57. The number of benzene rings is 2. The first-order valence-corrected chi connectivity index (χ1v) is 7.54. The molecule has 0 spiro atoms. The molecule has 23 heavy (non-hydrogen) atoms. The van der Waals surface area contributed by atoms with Gasteiger partial charge in [0.2, 0.25) is 0 Å². The fourth-order valence-corrected chi connectivity index (χ4v) is 2.56. The van der Waals surface area contributed by atoms with Gasteiger partial charge < -0.3 is 15.4 Å². The second kappa shape index (κ2) is 6.30. The molecule has 0 aromatic heterocycles. The fraction of sp³-hybridized carbons (Fsp3) is 0.176. The van der Waals surface area contributed by atoms with Gasteiger partial charge in [0.1, 0.15) is 5.75 Å². The van der Waals surface area contributed by atoms with Gasteiger partial charge in [-0.05, 0) is 42.8 Å². The average Bonchev–Trinajstić information content (AvgIpc) is 2.54. The van der Waals surface area contributed by atoms with Crippen molar-refractivity contribution in [1.29, 1.82) is 0 Å². The maximum atomic E-state index is 12.4. The van der Waals surface area contributed by atoms with E-state index < -0.39 is 0 Å². The Labute approximate surface area is 138 Å². The molecule has 2 aromatic rings. The molecule has 3 rings (SSSR count). The molecule has 1 aliphatic heterocycles. The topological polar surface area (TPSA) is 67.4 Å². The molecule has 2 N–H and O–H groups in total. The normalized spacial score (nSPS) is 14.3. The van der Waals surface area contributed by atoms with E-state index in [9.17, 15) is 9.59 Å². The lowest BCUT2D eigenvalue weighted by Crippen LogP contribution is -2.28. The van der Waals surface area contributed by atoms with Crippen LogP contribution in [0.25, 0.3) is 0 Å². The minimum Gasteiger partial charge on any atom is -0.482 e. The largest absolute Gasteiger partial charge is 0.482 e. The highest BCUT2D eigenvalue weighted by Gasteiger charge is 2.18. The Kier molecular flexibility index (Phi) is 4.21. The van der Waals surface area contributed by atoms with Gasteiger partial charge in [0.05, 0.1) is 11.7 Å². The van der Waals surface area contributed by atoms with Crippen molar-refractivity contribution in [2.24, 2.45) is 0 Å². The van der Waals surface area contributed by atoms with Gasteiger partial charge in [-0.2, -0.15) is 0 Å². The minimum atomic E-state index is -0.236. The molecule has 0 fully saturated rings. The number of halogens is 1. The molecule has 5 nitrogen and oxygen atoms in total. The zero-order valence-corrected chi connectivity index (χ0v) is 13.2. The number of anilines is 1. The lowest BCUT2D eigenvalue weighted by atomic mass is 10.1. The van der Waals surface area contributed by atoms with Crippen LogP contribution >= 0.6 is 11.6 Å². The Hall–Kier alpha value is -2.53. The summed E-state index contributed by atoms with van der Waals surface area (Å²) in [6.07, 6.45) is 0. The number of nitrogens with one attached hydrogen (secondary N) is 2. The van der Waals surface area contributed by atoms with E-state index in [2.05, 4.69) is 10.6 Å². The summed E-state index contributed by atoms with van der Waals surface area (Å²) < 4.78 is 5.28. The summed E-state index contributed by atoms with van der Waals surface area (Å²) in [7, 11) is 0. The Morgan fingerprint density at radius 2 is 2.13 bits per heavy atom. The Morgan fingerprint density at radius 1 is 1.30 bits per heavy atom. The molecule has 6 heteroatoms. The van der Waals surface area contributed by atoms with Crippen LogP contribution in [0.4, 0.5) is 5.69 Å². The monoisotopic (exact) mass is 330 g/mol. The van der Waals surface area contributed by atoms with Crippen LogP contribution in [-0.4, -0.2) is 18.4 Å². The maximum Gasteiger partial charge on any atom is 0.262 e. The summed E-state index contributed by atoms with van der Waals surface area (Å²) in [5.41, 5.74) is 1.87. The van der Waals surface area contributed by atoms with Crippen molar-refractivity contribution in [3.05, 3.63) is 58.6 Å². The molecular formula is C17H15ClN2O3. The van der Waals surface area contributed by atoms with Crippen molar-refractivity contribution in [2.45, 2.75) is 13.0 Å². The first-order chi connectivity index (χ1) is 11.0. The molecule has 0 radical (unpaired) electrons. The molecule has 2 amide bonds. The van der Waals surface area contributed by atoms with Gasteiger partial charge in [-0.25, -0.2) is 0 Å². The van der Waals surface area contributed by atoms with Gasteiger partial charge in [-0.3, -0.25) is 9.59 Å². The molecular weight excluding hydrogens is 316 g/mol. The Balaban J connectivity index is 1.76. The number of ether oxygens (including phenoxy) is 1. The number of rotatable bonds is 3. The third kappa shape index (κ3) is 3.46. The fourth-order valence-electron chi connectivity index (χ4n) is 2.36. The van der Waals surface area contributed by atoms with Gasteiger partial charge in [0, 0.05) is 10.6 Å². The van der Waals surface area contributed by atoms with Crippen molar-refractivity contribution in [2.75, 3.05) is 11.9 Å². The Morgan fingerprint density at radius 3 is 2.91 bits per heavy atom. The molecule has 0 aliphatic carbocycles. The lowest BCUT2D eigenvalue weighted by molar-refractivity contribution is -0.118. The highest BCUT2D eigenvalue weighted by Crippen LogP contribution is 2.28. The minimum absolute atomic E-state index is 0.00958. The summed E-state index contributed by atoms with van der Waals surface area (Å²) in [6, 6.07) is 12.1. The Bertz CT molecular complexity index is 776. The predicted octanol–water partition coefficient (Wildman–Crippen LogP) is 3.16. The molecule has 0 bridgehead atoms. The highest BCUT2D eigenvalue weighted by atomic mass is 35.5. The number of hydrogen-bond acceptors (Lipinski definition) is 3. The zero-order valence-electron chi connectivity index (χ0n) is 12.4. The number of hydrogen-bond donors (Lipinski definition) is 2. The van der Waals surface area contributed by atoms with Crippen LogP contribution in [-0.2, 0) is 4.79 Å². The SMILES string of the molecule is CC(NC(=O)c1ccc2c(c1)NC(=O)CO2)c1cccc(Cl)c1. The highest BCUT2D eigenvalue weighted by molar-refractivity contribution is 6.30. The number of carbonyl (C=O) groups excluding carboxylic acids is 2. The number of amides is 2. The molecule has 118 valence electrons. The first kappa shape index (κ1) is 15.4. The summed E-state index contributed by atoms with van der Waals surface area (Å²) >= 11 is 5.97. The van der Waals surface area contributed by atoms with Crippen molar-refractivity contribution in [3.8, 4) is 5.75 Å². The van der Waals surface area contributed by atoms with Gasteiger partial charge in [0.15, 0.2) is 6.61 Å². The van der Waals surface area contributed by atoms with Crippen molar-refractivity contribution >= 4 is 29.1 Å². The predicted molar refractivity (Wildman–Crippen MR) is 87.9 cm³/mol. The standard InChI is InChI=1S/C17H15ClN2O3/c1-10(11-3-2-4-13(18)7-11)19-17(22)12-5-6-15-14(8-12)20-16(21)9-23-15/h2-8,10H,9H2,1H3,(H,19,22)(H,20,21). The summed E-state index contributed by atoms with van der Waals surface area (Å²) in [4.78, 5) is 23.7. The summed E-state index contributed by atoms with van der Waals surface area (Å²) in [6.45, 7) is 1.87. The van der Waals surface area contributed by atoms with Crippen LogP contribution in [0.2, 0.25) is 5.02 Å². The third-order valence-corrected chi connectivity index (χ3v) is 3.81. The molecule has 1 unspecified atom stereocenters. The van der Waals surface area contributed by atoms with Crippen molar-refractivity contribution in [1.82, 2.24) is 5.32 Å². The number of carbonyl (C=O) groups is 2. The summed E-state index contributed by atoms with van der Waals surface area (Å²) in [5, 5.41) is 6.22. The second-order valence-corrected chi connectivity index (χ2v) is 5.73. The summed E-state index contributed by atoms with van der Waals surface area (Å²) in [5.74, 6) is 0.0893. The van der Waals surface area contributed by atoms with Crippen LogP contribution in [0.1, 0.15) is 28.9 Å². The smallest absolute Gasteiger partial charge is 0.262 e. The van der Waals surface area contributed by atoms with Crippen LogP contribution in [0.3, 0.4) is 0 Å². The van der Waals surface area contributed by atoms with Crippen LogP contribution < -0.4 is 15.4 Å². The van der Waals surface area contributed by atoms with Crippen LogP contribution in [0.5, 0.6) is 5.75 Å². The first-order valence-electron chi connectivity index (χ1n) is 7.16. The van der Waals surface area contributed by atoms with Gasteiger partial charge in [-0.1, -0.05) is 23.7 Å². The molecule has 1 heterocycles. The maximum absolute atomic E-state index is 12.4. The van der Waals surface area contributed by atoms with E-state index in [0.717, 1.165) is 5.56 Å². The molecule has 0 saturated heterocycles. The van der Waals surface area contributed by atoms with Crippen LogP contribution in [0, 0.1) is 0 Å². The lowest BCUT2D eigenvalue weighted by Gasteiger charge is -2.19. The van der Waals surface area contributed by atoms with Crippen LogP contribution in [0.15, 0.2) is 42.5 Å². The van der Waals surface area contributed by atoms with E-state index in [0.29, 0.717) is 22.0 Å². The zero-order chi connectivity index (χ0) is 16.4. The van der Waals surface area contributed by atoms with Gasteiger partial charge in [0.25, 0.3) is 11.8 Å². The van der Waals surface area contributed by atoms with Crippen molar-refractivity contribution < 1.29 is 14.3 Å². The second-order valence-electron chi connectivity index (χ2n) is 5.30. The molecule has 2 aromatic carbocycles. The van der Waals surface area contributed by atoms with Crippen molar-refractivity contribution in [3.63, 3.8) is 0 Å². The van der Waals surface area contributed by atoms with E-state index in [1.807, 2.05) is 25.1 Å². The van der Waals surface area contributed by atoms with E-state index in [4.69, 9.17) is 16.3 Å². The van der Waals surface area contributed by atoms with E-state index in [1.54, 1.807) is 24.3 Å². The molecule has 1 aliphatic rings. The van der Waals surface area contributed by atoms with Gasteiger partial charge >= 0.3 is 0 Å². The van der Waals surface area contributed by atoms with E-state index >= 15 is 0 Å². The molecule has 0 saturated carbocycles. The average molecular weight is 331 g/mol. The molecule has 1 atom stereocenters.